The summed E-state index contributed by atoms with van der Waals surface area (Å²) in [4.78, 5) is 0. The molecule has 0 N–H and O–H groups in total. The molecule has 0 bridgehead atoms. The van der Waals surface area contributed by atoms with Crippen molar-refractivity contribution in [1.29, 1.82) is 0 Å². The number of aryl methyl sites for hydroxylation is 2. The molecule has 0 fully saturated rings. The van der Waals surface area contributed by atoms with Gasteiger partial charge in [0, 0.05) is 34.8 Å². The van der Waals surface area contributed by atoms with Gasteiger partial charge in [-0.25, -0.2) is 0 Å². The van der Waals surface area contributed by atoms with Crippen molar-refractivity contribution in [2.45, 2.75) is 32.7 Å². The van der Waals surface area contributed by atoms with E-state index in [2.05, 4.69) is 78.4 Å². The standard InChI is InChI=1S/C28H27NO2/c1-2-9-24-26(30-19-8-17-29-18-16-21-10-6-7-13-25(21)29)15-14-23-20-27(31-28(23)24)22-11-4-3-5-12-22/h3-7,10-16,18,20H,2,8-9,17,19H2,1H3. The Morgan fingerprint density at radius 2 is 1.71 bits per heavy atom. The van der Waals surface area contributed by atoms with Gasteiger partial charge in [-0.2, -0.15) is 0 Å². The minimum atomic E-state index is 0.682. The zero-order valence-corrected chi connectivity index (χ0v) is 17.9. The van der Waals surface area contributed by atoms with Gasteiger partial charge in [0.2, 0.25) is 0 Å². The first kappa shape index (κ1) is 19.5. The highest BCUT2D eigenvalue weighted by molar-refractivity contribution is 5.87. The van der Waals surface area contributed by atoms with Crippen LogP contribution in [0.25, 0.3) is 33.2 Å². The van der Waals surface area contributed by atoms with Gasteiger partial charge in [0.15, 0.2) is 0 Å². The number of fused-ring (bicyclic) bond motifs is 2. The molecule has 156 valence electrons. The molecule has 5 aromatic rings. The van der Waals surface area contributed by atoms with E-state index in [-0.39, 0.29) is 0 Å². The van der Waals surface area contributed by atoms with Crippen LogP contribution in [0.3, 0.4) is 0 Å². The third-order valence-corrected chi connectivity index (χ3v) is 5.79. The van der Waals surface area contributed by atoms with E-state index in [4.69, 9.17) is 9.15 Å². The number of hydrogen-bond donors (Lipinski definition) is 0. The molecule has 0 spiro atoms. The summed E-state index contributed by atoms with van der Waals surface area (Å²) in [6.07, 6.45) is 5.10. The molecular formula is C28H27NO2. The lowest BCUT2D eigenvalue weighted by Gasteiger charge is -2.12. The Kier molecular flexibility index (Phi) is 5.49. The van der Waals surface area contributed by atoms with Crippen LogP contribution in [0.2, 0.25) is 0 Å². The minimum absolute atomic E-state index is 0.682. The Morgan fingerprint density at radius 3 is 2.58 bits per heavy atom. The second-order valence-electron chi connectivity index (χ2n) is 7.96. The average molecular weight is 410 g/mol. The van der Waals surface area contributed by atoms with Gasteiger partial charge in [-0.05, 0) is 48.6 Å². The topological polar surface area (TPSA) is 27.3 Å². The molecule has 3 aromatic carbocycles. The summed E-state index contributed by atoms with van der Waals surface area (Å²) in [7, 11) is 0. The molecule has 0 radical (unpaired) electrons. The third kappa shape index (κ3) is 3.96. The zero-order chi connectivity index (χ0) is 21.0. The molecule has 31 heavy (non-hydrogen) atoms. The largest absolute Gasteiger partial charge is 0.493 e. The normalized spacial score (nSPS) is 11.4. The molecule has 0 saturated carbocycles. The Balaban J connectivity index is 1.33. The molecule has 0 aliphatic rings. The van der Waals surface area contributed by atoms with Crippen molar-refractivity contribution in [2.75, 3.05) is 6.61 Å². The number of para-hydroxylation sites is 1. The van der Waals surface area contributed by atoms with Gasteiger partial charge in [-0.3, -0.25) is 0 Å². The molecule has 2 heterocycles. The molecule has 0 aliphatic heterocycles. The molecule has 0 atom stereocenters. The second kappa shape index (κ2) is 8.73. The molecule has 2 aromatic heterocycles. The molecule has 0 aliphatic carbocycles. The molecule has 3 nitrogen and oxygen atoms in total. The van der Waals surface area contributed by atoms with Gasteiger partial charge in [0.05, 0.1) is 6.61 Å². The van der Waals surface area contributed by atoms with Crippen molar-refractivity contribution in [3.63, 3.8) is 0 Å². The lowest BCUT2D eigenvalue weighted by Crippen LogP contribution is -2.05. The van der Waals surface area contributed by atoms with E-state index in [1.54, 1.807) is 0 Å². The van der Waals surface area contributed by atoms with Crippen molar-refractivity contribution in [3.05, 3.63) is 90.6 Å². The fourth-order valence-corrected chi connectivity index (χ4v) is 4.26. The average Bonchev–Trinajstić information content (AvgIpc) is 3.43. The van der Waals surface area contributed by atoms with Crippen molar-refractivity contribution in [2.24, 2.45) is 0 Å². The van der Waals surface area contributed by atoms with Crippen molar-refractivity contribution in [3.8, 4) is 17.1 Å². The van der Waals surface area contributed by atoms with E-state index >= 15 is 0 Å². The smallest absolute Gasteiger partial charge is 0.141 e. The van der Waals surface area contributed by atoms with E-state index in [0.29, 0.717) is 6.61 Å². The van der Waals surface area contributed by atoms with E-state index in [0.717, 1.165) is 53.8 Å². The zero-order valence-electron chi connectivity index (χ0n) is 17.9. The van der Waals surface area contributed by atoms with E-state index in [1.807, 2.05) is 18.2 Å². The SMILES string of the molecule is CCCc1c(OCCCn2ccc3ccccc32)ccc2cc(-c3ccccc3)oc12. The summed E-state index contributed by atoms with van der Waals surface area (Å²) in [5, 5.41) is 2.42. The monoisotopic (exact) mass is 409 g/mol. The first-order valence-corrected chi connectivity index (χ1v) is 11.1. The number of furan rings is 1. The quantitative estimate of drug-likeness (QED) is 0.248. The number of hydrogen-bond acceptors (Lipinski definition) is 2. The van der Waals surface area contributed by atoms with Crippen LogP contribution in [0.1, 0.15) is 25.3 Å². The highest BCUT2D eigenvalue weighted by Crippen LogP contribution is 2.35. The molecule has 3 heteroatoms. The van der Waals surface area contributed by atoms with E-state index < -0.39 is 0 Å². The van der Waals surface area contributed by atoms with Crippen molar-refractivity contribution in [1.82, 2.24) is 4.57 Å². The van der Waals surface area contributed by atoms with Gasteiger partial charge in [0.1, 0.15) is 17.1 Å². The summed E-state index contributed by atoms with van der Waals surface area (Å²) in [6, 6.07) is 27.3. The van der Waals surface area contributed by atoms with Gasteiger partial charge in [-0.15, -0.1) is 0 Å². The van der Waals surface area contributed by atoms with Crippen LogP contribution in [0.15, 0.2) is 89.5 Å². The maximum absolute atomic E-state index is 6.31. The molecular weight excluding hydrogens is 382 g/mol. The lowest BCUT2D eigenvalue weighted by molar-refractivity contribution is 0.299. The first-order valence-electron chi connectivity index (χ1n) is 11.1. The van der Waals surface area contributed by atoms with Gasteiger partial charge >= 0.3 is 0 Å². The highest BCUT2D eigenvalue weighted by Gasteiger charge is 2.14. The minimum Gasteiger partial charge on any atom is -0.493 e. The second-order valence-corrected chi connectivity index (χ2v) is 7.96. The Morgan fingerprint density at radius 1 is 0.871 bits per heavy atom. The molecule has 0 unspecified atom stereocenters. The van der Waals surface area contributed by atoms with Crippen LogP contribution in [0.4, 0.5) is 0 Å². The Hall–Kier alpha value is -3.46. The number of benzene rings is 3. The fraction of sp³-hybridized carbons (Fsp3) is 0.214. The lowest BCUT2D eigenvalue weighted by atomic mass is 10.1. The van der Waals surface area contributed by atoms with Crippen molar-refractivity contribution < 1.29 is 9.15 Å². The molecule has 0 saturated heterocycles. The van der Waals surface area contributed by atoms with E-state index in [1.165, 1.54) is 16.5 Å². The summed E-state index contributed by atoms with van der Waals surface area (Å²) in [5.41, 5.74) is 4.50. The van der Waals surface area contributed by atoms with Crippen LogP contribution in [0.5, 0.6) is 5.75 Å². The first-order chi connectivity index (χ1) is 15.3. The number of aromatic nitrogens is 1. The van der Waals surface area contributed by atoms with E-state index in [9.17, 15) is 0 Å². The van der Waals surface area contributed by atoms with Crippen LogP contribution in [-0.4, -0.2) is 11.2 Å². The predicted octanol–water partition coefficient (Wildman–Crippen LogP) is 7.48. The van der Waals surface area contributed by atoms with Gasteiger partial charge in [-0.1, -0.05) is 61.9 Å². The number of nitrogens with zero attached hydrogens (tertiary/aromatic N) is 1. The number of ether oxygens (including phenoxy) is 1. The summed E-state index contributed by atoms with van der Waals surface area (Å²) in [5.74, 6) is 1.85. The molecule has 0 amide bonds. The summed E-state index contributed by atoms with van der Waals surface area (Å²) < 4.78 is 14.9. The summed E-state index contributed by atoms with van der Waals surface area (Å²) >= 11 is 0. The van der Waals surface area contributed by atoms with Crippen LogP contribution in [-0.2, 0) is 13.0 Å². The Bertz CT molecular complexity index is 1300. The third-order valence-electron chi connectivity index (χ3n) is 5.79. The van der Waals surface area contributed by atoms with Crippen LogP contribution in [0, 0.1) is 0 Å². The van der Waals surface area contributed by atoms with Gasteiger partial charge in [0.25, 0.3) is 0 Å². The van der Waals surface area contributed by atoms with Crippen LogP contribution >= 0.6 is 0 Å². The van der Waals surface area contributed by atoms with Gasteiger partial charge < -0.3 is 13.7 Å². The maximum atomic E-state index is 6.31. The highest BCUT2D eigenvalue weighted by atomic mass is 16.5. The van der Waals surface area contributed by atoms with Crippen LogP contribution < -0.4 is 4.74 Å². The number of rotatable bonds is 8. The summed E-state index contributed by atoms with van der Waals surface area (Å²) in [6.45, 7) is 3.82. The maximum Gasteiger partial charge on any atom is 0.141 e. The van der Waals surface area contributed by atoms with Crippen molar-refractivity contribution >= 4 is 21.9 Å². The fourth-order valence-electron chi connectivity index (χ4n) is 4.26. The Labute approximate surface area is 182 Å². The predicted molar refractivity (Wildman–Crippen MR) is 128 cm³/mol. The molecule has 5 rings (SSSR count).